The van der Waals surface area contributed by atoms with Crippen molar-refractivity contribution in [2.45, 2.75) is 33.6 Å². The van der Waals surface area contributed by atoms with Crippen LogP contribution in [0.1, 0.15) is 33.6 Å². The highest BCUT2D eigenvalue weighted by atomic mass is 16.2. The van der Waals surface area contributed by atoms with Gasteiger partial charge in [0.25, 0.3) is 0 Å². The van der Waals surface area contributed by atoms with E-state index in [2.05, 4.69) is 27.4 Å². The van der Waals surface area contributed by atoms with Crippen LogP contribution in [0, 0.1) is 11.8 Å². The van der Waals surface area contributed by atoms with Gasteiger partial charge in [-0.05, 0) is 18.8 Å². The fourth-order valence-electron chi connectivity index (χ4n) is 1.84. The summed E-state index contributed by atoms with van der Waals surface area (Å²) in [5, 5.41) is 0. The van der Waals surface area contributed by atoms with E-state index in [0.717, 1.165) is 19.4 Å². The second kappa shape index (κ2) is 8.34. The molecular weight excluding hydrogens is 200 g/mol. The van der Waals surface area contributed by atoms with Crippen LogP contribution in [0.25, 0.3) is 0 Å². The first-order valence-electron chi connectivity index (χ1n) is 6.16. The van der Waals surface area contributed by atoms with Crippen molar-refractivity contribution in [2.24, 2.45) is 17.6 Å². The Hall–Kier alpha value is -0.830. The minimum absolute atomic E-state index is 0.0356. The third-order valence-corrected chi connectivity index (χ3v) is 2.54. The molecule has 2 N–H and O–H groups in total. The van der Waals surface area contributed by atoms with Crippen LogP contribution in [-0.4, -0.2) is 30.4 Å². The van der Waals surface area contributed by atoms with Gasteiger partial charge in [0, 0.05) is 19.6 Å². The van der Waals surface area contributed by atoms with Gasteiger partial charge in [-0.25, -0.2) is 0 Å². The Morgan fingerprint density at radius 2 is 2.12 bits per heavy atom. The van der Waals surface area contributed by atoms with Gasteiger partial charge < -0.3 is 10.6 Å². The first-order valence-corrected chi connectivity index (χ1v) is 6.16. The van der Waals surface area contributed by atoms with Gasteiger partial charge >= 0.3 is 0 Å². The molecule has 0 fully saturated rings. The van der Waals surface area contributed by atoms with E-state index in [0.29, 0.717) is 19.0 Å². The number of hydrogen-bond donors (Lipinski definition) is 1. The van der Waals surface area contributed by atoms with E-state index in [4.69, 9.17) is 5.73 Å². The molecule has 0 bridgehead atoms. The molecule has 0 radical (unpaired) electrons. The first kappa shape index (κ1) is 15.2. The molecule has 0 saturated heterocycles. The summed E-state index contributed by atoms with van der Waals surface area (Å²) < 4.78 is 0. The zero-order chi connectivity index (χ0) is 12.6. The normalized spacial score (nSPS) is 12.6. The lowest BCUT2D eigenvalue weighted by atomic mass is 9.96. The summed E-state index contributed by atoms with van der Waals surface area (Å²) in [6.07, 6.45) is 3.61. The van der Waals surface area contributed by atoms with Crippen molar-refractivity contribution in [3.8, 4) is 0 Å². The molecule has 0 aliphatic heterocycles. The molecule has 0 aromatic rings. The smallest absolute Gasteiger partial charge is 0.227 e. The van der Waals surface area contributed by atoms with Crippen LogP contribution in [-0.2, 0) is 4.79 Å². The molecule has 0 saturated carbocycles. The molecular formula is C13H26N2O. The van der Waals surface area contributed by atoms with Gasteiger partial charge in [0.2, 0.25) is 5.91 Å². The van der Waals surface area contributed by atoms with Gasteiger partial charge in [0.05, 0.1) is 5.92 Å². The van der Waals surface area contributed by atoms with Crippen molar-refractivity contribution in [3.63, 3.8) is 0 Å². The molecule has 0 heterocycles. The molecule has 94 valence electrons. The Bertz CT molecular complexity index is 214. The number of nitrogens with zero attached hydrogens (tertiary/aromatic N) is 1. The molecule has 16 heavy (non-hydrogen) atoms. The average molecular weight is 226 g/mol. The Morgan fingerprint density at radius 3 is 2.50 bits per heavy atom. The summed E-state index contributed by atoms with van der Waals surface area (Å²) >= 11 is 0. The molecule has 0 aromatic carbocycles. The highest BCUT2D eigenvalue weighted by molar-refractivity contribution is 5.79. The number of hydrogen-bond acceptors (Lipinski definition) is 2. The fraction of sp³-hybridized carbons (Fsp3) is 0.769. The monoisotopic (exact) mass is 226 g/mol. The van der Waals surface area contributed by atoms with E-state index in [1.54, 1.807) is 6.08 Å². The summed E-state index contributed by atoms with van der Waals surface area (Å²) in [7, 11) is 0. The van der Waals surface area contributed by atoms with E-state index in [1.165, 1.54) is 0 Å². The van der Waals surface area contributed by atoms with Crippen molar-refractivity contribution in [1.82, 2.24) is 4.90 Å². The quantitative estimate of drug-likeness (QED) is 0.644. The zero-order valence-electron chi connectivity index (χ0n) is 10.9. The summed E-state index contributed by atoms with van der Waals surface area (Å²) in [4.78, 5) is 14.0. The Morgan fingerprint density at radius 1 is 1.50 bits per heavy atom. The van der Waals surface area contributed by atoms with Gasteiger partial charge in [-0.1, -0.05) is 26.8 Å². The highest BCUT2D eigenvalue weighted by Gasteiger charge is 2.22. The standard InChI is InChI=1S/C13H26N2O/c1-5-7-15(8-6-2)13(16)12(10-14)9-11(3)4/h5,11-12H,1,6-10,14H2,2-4H3. The maximum atomic E-state index is 12.2. The van der Waals surface area contributed by atoms with E-state index in [-0.39, 0.29) is 11.8 Å². The molecule has 1 amide bonds. The third-order valence-electron chi connectivity index (χ3n) is 2.54. The third kappa shape index (κ3) is 5.31. The van der Waals surface area contributed by atoms with Gasteiger partial charge in [0.15, 0.2) is 0 Å². The topological polar surface area (TPSA) is 46.3 Å². The Labute approximate surface area is 99.7 Å². The average Bonchev–Trinajstić information content (AvgIpc) is 2.24. The van der Waals surface area contributed by atoms with E-state index in [9.17, 15) is 4.79 Å². The lowest BCUT2D eigenvalue weighted by molar-refractivity contribution is -0.135. The van der Waals surface area contributed by atoms with Gasteiger partial charge in [-0.15, -0.1) is 6.58 Å². The maximum absolute atomic E-state index is 12.2. The molecule has 3 nitrogen and oxygen atoms in total. The summed E-state index contributed by atoms with van der Waals surface area (Å²) in [6.45, 7) is 11.9. The Balaban J connectivity index is 4.47. The SMILES string of the molecule is C=CCN(CCC)C(=O)C(CN)CC(C)C. The van der Waals surface area contributed by atoms with Crippen molar-refractivity contribution >= 4 is 5.91 Å². The molecule has 0 rings (SSSR count). The lowest BCUT2D eigenvalue weighted by Gasteiger charge is -2.26. The molecule has 0 aromatic heterocycles. The molecule has 3 heteroatoms. The second-order valence-corrected chi connectivity index (χ2v) is 4.64. The van der Waals surface area contributed by atoms with Crippen LogP contribution in [0.4, 0.5) is 0 Å². The molecule has 0 spiro atoms. The van der Waals surface area contributed by atoms with Crippen molar-refractivity contribution in [1.29, 1.82) is 0 Å². The van der Waals surface area contributed by atoms with Crippen molar-refractivity contribution in [3.05, 3.63) is 12.7 Å². The van der Waals surface area contributed by atoms with Crippen molar-refractivity contribution < 1.29 is 4.79 Å². The lowest BCUT2D eigenvalue weighted by Crippen LogP contribution is -2.40. The minimum atomic E-state index is -0.0356. The minimum Gasteiger partial charge on any atom is -0.339 e. The van der Waals surface area contributed by atoms with Crippen molar-refractivity contribution in [2.75, 3.05) is 19.6 Å². The van der Waals surface area contributed by atoms with E-state index >= 15 is 0 Å². The number of carbonyl (C=O) groups is 1. The van der Waals surface area contributed by atoms with Gasteiger partial charge in [0.1, 0.15) is 0 Å². The van der Waals surface area contributed by atoms with Crippen LogP contribution in [0.2, 0.25) is 0 Å². The fourth-order valence-corrected chi connectivity index (χ4v) is 1.84. The van der Waals surface area contributed by atoms with E-state index < -0.39 is 0 Å². The van der Waals surface area contributed by atoms with Crippen LogP contribution >= 0.6 is 0 Å². The summed E-state index contributed by atoms with van der Waals surface area (Å²) in [6, 6.07) is 0. The van der Waals surface area contributed by atoms with Crippen LogP contribution in [0.15, 0.2) is 12.7 Å². The molecule has 1 unspecified atom stereocenters. The number of carbonyl (C=O) groups excluding carboxylic acids is 1. The molecule has 0 aliphatic carbocycles. The maximum Gasteiger partial charge on any atom is 0.227 e. The summed E-state index contributed by atoms with van der Waals surface area (Å²) in [5.74, 6) is 0.647. The first-order chi connectivity index (χ1) is 7.56. The van der Waals surface area contributed by atoms with Gasteiger partial charge in [-0.3, -0.25) is 4.79 Å². The predicted molar refractivity (Wildman–Crippen MR) is 69.1 cm³/mol. The van der Waals surface area contributed by atoms with Crippen LogP contribution in [0.5, 0.6) is 0 Å². The number of rotatable bonds is 8. The summed E-state index contributed by atoms with van der Waals surface area (Å²) in [5.41, 5.74) is 5.68. The number of nitrogens with two attached hydrogens (primary N) is 1. The Kier molecular flexibility index (Phi) is 7.90. The van der Waals surface area contributed by atoms with Crippen LogP contribution < -0.4 is 5.73 Å². The molecule has 0 aliphatic rings. The van der Waals surface area contributed by atoms with Gasteiger partial charge in [-0.2, -0.15) is 0 Å². The highest BCUT2D eigenvalue weighted by Crippen LogP contribution is 2.14. The predicted octanol–water partition coefficient (Wildman–Crippen LogP) is 2.03. The van der Waals surface area contributed by atoms with E-state index in [1.807, 2.05) is 4.90 Å². The van der Waals surface area contributed by atoms with Crippen LogP contribution in [0.3, 0.4) is 0 Å². The number of amides is 1. The zero-order valence-corrected chi connectivity index (χ0v) is 10.9. The molecule has 1 atom stereocenters. The second-order valence-electron chi connectivity index (χ2n) is 4.64. The largest absolute Gasteiger partial charge is 0.339 e.